The van der Waals surface area contributed by atoms with Crippen LogP contribution in [0.15, 0.2) is 54.3 Å². The maximum absolute atomic E-state index is 11.9. The Morgan fingerprint density at radius 3 is 2.62 bits per heavy atom. The number of hydrogen-bond acceptors (Lipinski definition) is 5. The number of allylic oxidation sites excluding steroid dienone is 4. The smallest absolute Gasteiger partial charge is 0.408 e. The van der Waals surface area contributed by atoms with Gasteiger partial charge in [0.2, 0.25) is 0 Å². The number of alkyl carbamates (subject to hydrolysis) is 1. The number of carbonyl (C=O) groups is 2. The van der Waals surface area contributed by atoms with E-state index in [1.54, 1.807) is 12.3 Å². The average molecular weight is 356 g/mol. The van der Waals surface area contributed by atoms with Crippen LogP contribution < -0.4 is 5.32 Å². The molecule has 1 atom stereocenters. The molecular weight excluding hydrogens is 332 g/mol. The summed E-state index contributed by atoms with van der Waals surface area (Å²) in [6, 6.07) is 3.25. The van der Waals surface area contributed by atoms with Crippen LogP contribution in [0.2, 0.25) is 0 Å². The minimum absolute atomic E-state index is 0.238. The second-order valence-corrected chi connectivity index (χ2v) is 6.88. The predicted octanol–water partition coefficient (Wildman–Crippen LogP) is 3.36. The molecule has 0 spiro atoms. The van der Waals surface area contributed by atoms with Gasteiger partial charge in [-0.3, -0.25) is 0 Å². The molecule has 1 amide bonds. The Bertz CT molecular complexity index is 740. The second kappa shape index (κ2) is 8.47. The maximum atomic E-state index is 11.9. The molecule has 26 heavy (non-hydrogen) atoms. The van der Waals surface area contributed by atoms with E-state index in [0.717, 1.165) is 11.1 Å². The number of rotatable bonds is 4. The maximum Gasteiger partial charge on any atom is 0.408 e. The van der Waals surface area contributed by atoms with E-state index < -0.39 is 17.7 Å². The van der Waals surface area contributed by atoms with E-state index >= 15 is 0 Å². The Labute approximate surface area is 153 Å². The first-order valence-corrected chi connectivity index (χ1v) is 8.35. The lowest BCUT2D eigenvalue weighted by Crippen LogP contribution is -2.37. The van der Waals surface area contributed by atoms with Gasteiger partial charge in [-0.25, -0.2) is 14.6 Å². The van der Waals surface area contributed by atoms with Crippen LogP contribution in [0.25, 0.3) is 0 Å². The fourth-order valence-electron chi connectivity index (χ4n) is 2.29. The largest absolute Gasteiger partial charge is 0.464 e. The fourth-order valence-corrected chi connectivity index (χ4v) is 2.29. The molecule has 1 N–H and O–H groups in total. The molecule has 1 aliphatic carbocycles. The number of methoxy groups -OCH3 is 1. The van der Waals surface area contributed by atoms with Crippen LogP contribution in [0.1, 0.15) is 36.8 Å². The monoisotopic (exact) mass is 356 g/mol. The molecule has 138 valence electrons. The van der Waals surface area contributed by atoms with Crippen molar-refractivity contribution in [2.75, 3.05) is 7.11 Å². The summed E-state index contributed by atoms with van der Waals surface area (Å²) in [5, 5.41) is 2.79. The summed E-state index contributed by atoms with van der Waals surface area (Å²) >= 11 is 0. The highest BCUT2D eigenvalue weighted by Gasteiger charge is 2.17. The predicted molar refractivity (Wildman–Crippen MR) is 98.8 cm³/mol. The normalized spacial score (nSPS) is 16.5. The van der Waals surface area contributed by atoms with E-state index in [4.69, 9.17) is 4.74 Å². The Kier molecular flexibility index (Phi) is 6.33. The van der Waals surface area contributed by atoms with Gasteiger partial charge in [0.25, 0.3) is 0 Å². The van der Waals surface area contributed by atoms with E-state index in [0.29, 0.717) is 6.42 Å². The Morgan fingerprint density at radius 1 is 1.23 bits per heavy atom. The summed E-state index contributed by atoms with van der Waals surface area (Å²) in [4.78, 5) is 27.4. The molecule has 0 aliphatic heterocycles. The van der Waals surface area contributed by atoms with E-state index in [1.165, 1.54) is 7.11 Å². The summed E-state index contributed by atoms with van der Waals surface area (Å²) in [5.74, 6) is -0.455. The molecule has 1 aliphatic rings. The third-order valence-corrected chi connectivity index (χ3v) is 3.46. The number of carbonyl (C=O) groups excluding carboxylic acids is 2. The van der Waals surface area contributed by atoms with Crippen LogP contribution in [0.4, 0.5) is 4.79 Å². The van der Waals surface area contributed by atoms with Crippen molar-refractivity contribution in [3.8, 4) is 0 Å². The number of amides is 1. The van der Waals surface area contributed by atoms with Gasteiger partial charge in [0, 0.05) is 6.20 Å². The van der Waals surface area contributed by atoms with Gasteiger partial charge in [0.1, 0.15) is 11.3 Å². The molecule has 6 heteroatoms. The molecule has 0 radical (unpaired) electrons. The molecule has 1 heterocycles. The summed E-state index contributed by atoms with van der Waals surface area (Å²) in [5.41, 5.74) is 1.78. The fraction of sp³-hybridized carbons (Fsp3) is 0.350. The lowest BCUT2D eigenvalue weighted by atomic mass is 10.1. The third kappa shape index (κ3) is 6.20. The molecular formula is C20H24N2O4. The standard InChI is InChI=1S/C20H24N2O4/c1-20(2,3)26-19(24)22-16-7-5-6-14(8-10-16)12-15-9-11-17(21-13-15)18(23)25-4/h5-11,13,16H,12H2,1-4H3,(H,22,24). The minimum atomic E-state index is -0.533. The van der Waals surface area contributed by atoms with E-state index in [2.05, 4.69) is 15.0 Å². The first-order chi connectivity index (χ1) is 12.3. The van der Waals surface area contributed by atoms with Crippen molar-refractivity contribution in [3.05, 3.63) is 65.5 Å². The first-order valence-electron chi connectivity index (χ1n) is 8.35. The van der Waals surface area contributed by atoms with Crippen molar-refractivity contribution in [1.82, 2.24) is 10.3 Å². The molecule has 6 nitrogen and oxygen atoms in total. The van der Waals surface area contributed by atoms with Gasteiger partial charge in [-0.1, -0.05) is 36.4 Å². The van der Waals surface area contributed by atoms with Gasteiger partial charge < -0.3 is 14.8 Å². The molecule has 0 saturated heterocycles. The van der Waals surface area contributed by atoms with Crippen LogP contribution in [-0.2, 0) is 15.9 Å². The summed E-state index contributed by atoms with van der Waals surface area (Å²) in [7, 11) is 1.33. The minimum Gasteiger partial charge on any atom is -0.464 e. The van der Waals surface area contributed by atoms with Gasteiger partial charge in [0.15, 0.2) is 0 Å². The van der Waals surface area contributed by atoms with Crippen molar-refractivity contribution in [2.24, 2.45) is 0 Å². The van der Waals surface area contributed by atoms with Gasteiger partial charge in [0.05, 0.1) is 13.2 Å². The van der Waals surface area contributed by atoms with Crippen LogP contribution in [0, 0.1) is 0 Å². The quantitative estimate of drug-likeness (QED) is 0.837. The number of hydrogen-bond donors (Lipinski definition) is 1. The summed E-state index contributed by atoms with van der Waals surface area (Å²) < 4.78 is 9.90. The van der Waals surface area contributed by atoms with Crippen molar-refractivity contribution in [3.63, 3.8) is 0 Å². The number of nitrogens with zero attached hydrogens (tertiary/aromatic N) is 1. The summed E-state index contributed by atoms with van der Waals surface area (Å²) in [6.45, 7) is 5.47. The second-order valence-electron chi connectivity index (χ2n) is 6.88. The highest BCUT2D eigenvalue weighted by molar-refractivity contribution is 5.87. The Balaban J connectivity index is 1.95. The van der Waals surface area contributed by atoms with Crippen LogP contribution in [0.5, 0.6) is 0 Å². The number of esters is 1. The molecule has 1 aromatic heterocycles. The number of nitrogens with one attached hydrogen (secondary N) is 1. The van der Waals surface area contributed by atoms with Crippen molar-refractivity contribution in [1.29, 1.82) is 0 Å². The lowest BCUT2D eigenvalue weighted by Gasteiger charge is -2.21. The molecule has 1 unspecified atom stereocenters. The van der Waals surface area contributed by atoms with Crippen LogP contribution in [-0.4, -0.2) is 35.8 Å². The first kappa shape index (κ1) is 19.4. The molecule has 0 aromatic carbocycles. The van der Waals surface area contributed by atoms with E-state index in [1.807, 2.05) is 57.2 Å². The topological polar surface area (TPSA) is 77.5 Å². The SMILES string of the molecule is COC(=O)c1ccc(CC2=CC=CC(NC(=O)OC(C)(C)C)C=C2)cn1. The molecule has 0 saturated carbocycles. The number of ether oxygens (including phenoxy) is 2. The van der Waals surface area contributed by atoms with Gasteiger partial charge in [-0.2, -0.15) is 0 Å². The zero-order valence-corrected chi connectivity index (χ0v) is 15.5. The van der Waals surface area contributed by atoms with Crippen LogP contribution >= 0.6 is 0 Å². The van der Waals surface area contributed by atoms with E-state index in [9.17, 15) is 9.59 Å². The summed E-state index contributed by atoms with van der Waals surface area (Å²) in [6.07, 6.45) is 11.5. The van der Waals surface area contributed by atoms with Gasteiger partial charge in [-0.15, -0.1) is 0 Å². The molecule has 1 aromatic rings. The average Bonchev–Trinajstić information content (AvgIpc) is 2.78. The molecule has 0 bridgehead atoms. The van der Waals surface area contributed by atoms with E-state index in [-0.39, 0.29) is 11.7 Å². The number of aromatic nitrogens is 1. The Hall–Kier alpha value is -2.89. The molecule has 0 fully saturated rings. The number of pyridine rings is 1. The highest BCUT2D eigenvalue weighted by Crippen LogP contribution is 2.13. The lowest BCUT2D eigenvalue weighted by molar-refractivity contribution is 0.0521. The highest BCUT2D eigenvalue weighted by atomic mass is 16.6. The van der Waals surface area contributed by atoms with Crippen LogP contribution in [0.3, 0.4) is 0 Å². The van der Waals surface area contributed by atoms with Gasteiger partial charge >= 0.3 is 12.1 Å². The van der Waals surface area contributed by atoms with Gasteiger partial charge in [-0.05, 0) is 44.4 Å². The zero-order valence-electron chi connectivity index (χ0n) is 15.5. The van der Waals surface area contributed by atoms with Crippen molar-refractivity contribution < 1.29 is 19.1 Å². The third-order valence-electron chi connectivity index (χ3n) is 3.46. The molecule has 2 rings (SSSR count). The zero-order chi connectivity index (χ0) is 19.2. The Morgan fingerprint density at radius 2 is 2.00 bits per heavy atom. The van der Waals surface area contributed by atoms with Crippen molar-refractivity contribution >= 4 is 12.1 Å². The van der Waals surface area contributed by atoms with Crippen molar-refractivity contribution in [2.45, 2.75) is 38.8 Å².